The fourth-order valence-corrected chi connectivity index (χ4v) is 2.99. The summed E-state index contributed by atoms with van der Waals surface area (Å²) in [6.07, 6.45) is 2.25. The molecule has 3 rings (SSSR count). The highest BCUT2D eigenvalue weighted by Crippen LogP contribution is 2.29. The van der Waals surface area contributed by atoms with E-state index >= 15 is 0 Å². The zero-order valence-electron chi connectivity index (χ0n) is 16.4. The number of amides is 4. The van der Waals surface area contributed by atoms with Crippen LogP contribution in [0, 0.1) is 6.92 Å². The van der Waals surface area contributed by atoms with E-state index in [1.165, 1.54) is 6.08 Å². The minimum atomic E-state index is -0.781. The molecule has 0 saturated carbocycles. The fourth-order valence-electron chi connectivity index (χ4n) is 2.75. The SMILES string of the molecule is CC[C@H](C)Oc1ccc(/C=C2/C(=O)NC(=O)N(c3ccc(C)cc3)C2=O)cc1Cl. The maximum atomic E-state index is 12.9. The summed E-state index contributed by atoms with van der Waals surface area (Å²) in [7, 11) is 0. The van der Waals surface area contributed by atoms with E-state index in [9.17, 15) is 14.4 Å². The number of nitrogens with zero attached hydrogens (tertiary/aromatic N) is 1. The lowest BCUT2D eigenvalue weighted by Crippen LogP contribution is -2.54. The predicted molar refractivity (Wildman–Crippen MR) is 112 cm³/mol. The second-order valence-electron chi connectivity index (χ2n) is 6.82. The van der Waals surface area contributed by atoms with E-state index in [0.717, 1.165) is 16.9 Å². The molecular weight excluding hydrogens is 392 g/mol. The number of urea groups is 1. The van der Waals surface area contributed by atoms with Crippen molar-refractivity contribution in [3.05, 3.63) is 64.2 Å². The Kier molecular flexibility index (Phi) is 6.03. The Labute approximate surface area is 174 Å². The number of imide groups is 2. The molecule has 0 bridgehead atoms. The van der Waals surface area contributed by atoms with Crippen molar-refractivity contribution >= 4 is 41.2 Å². The number of carbonyl (C=O) groups is 3. The van der Waals surface area contributed by atoms with Crippen LogP contribution in [0.3, 0.4) is 0 Å². The number of anilines is 1. The van der Waals surface area contributed by atoms with Crippen molar-refractivity contribution < 1.29 is 19.1 Å². The zero-order chi connectivity index (χ0) is 21.1. The molecule has 0 spiro atoms. The highest BCUT2D eigenvalue weighted by Gasteiger charge is 2.36. The Hall–Kier alpha value is -3.12. The van der Waals surface area contributed by atoms with Crippen LogP contribution in [0.1, 0.15) is 31.4 Å². The van der Waals surface area contributed by atoms with Gasteiger partial charge in [0.05, 0.1) is 16.8 Å². The van der Waals surface area contributed by atoms with Gasteiger partial charge in [-0.15, -0.1) is 0 Å². The fraction of sp³-hybridized carbons (Fsp3) is 0.227. The molecule has 2 aromatic rings. The molecule has 0 aliphatic carbocycles. The van der Waals surface area contributed by atoms with Crippen LogP contribution in [0.2, 0.25) is 5.02 Å². The summed E-state index contributed by atoms with van der Waals surface area (Å²) in [6, 6.07) is 11.1. The minimum absolute atomic E-state index is 0.0106. The van der Waals surface area contributed by atoms with E-state index in [1.807, 2.05) is 20.8 Å². The predicted octanol–water partition coefficient (Wildman–Crippen LogP) is 4.49. The van der Waals surface area contributed by atoms with Crippen molar-refractivity contribution in [3.8, 4) is 5.75 Å². The van der Waals surface area contributed by atoms with Crippen molar-refractivity contribution in [1.29, 1.82) is 0 Å². The quantitative estimate of drug-likeness (QED) is 0.579. The van der Waals surface area contributed by atoms with Gasteiger partial charge in [0.1, 0.15) is 11.3 Å². The number of carbonyl (C=O) groups excluding carboxylic acids is 3. The van der Waals surface area contributed by atoms with Gasteiger partial charge >= 0.3 is 6.03 Å². The Morgan fingerprint density at radius 3 is 2.45 bits per heavy atom. The van der Waals surface area contributed by atoms with Gasteiger partial charge < -0.3 is 4.74 Å². The number of aryl methyl sites for hydroxylation is 1. The van der Waals surface area contributed by atoms with E-state index in [4.69, 9.17) is 16.3 Å². The van der Waals surface area contributed by atoms with Gasteiger partial charge in [-0.1, -0.05) is 42.3 Å². The Bertz CT molecular complexity index is 998. The largest absolute Gasteiger partial charge is 0.489 e. The maximum absolute atomic E-state index is 12.9. The number of hydrogen-bond acceptors (Lipinski definition) is 4. The number of barbiturate groups is 1. The molecule has 7 heteroatoms. The first-order valence-corrected chi connectivity index (χ1v) is 9.62. The molecule has 2 aromatic carbocycles. The van der Waals surface area contributed by atoms with Crippen molar-refractivity contribution in [2.75, 3.05) is 4.90 Å². The highest BCUT2D eigenvalue weighted by atomic mass is 35.5. The Morgan fingerprint density at radius 1 is 1.14 bits per heavy atom. The van der Waals surface area contributed by atoms with E-state index in [0.29, 0.717) is 22.0 Å². The number of nitrogens with one attached hydrogen (secondary N) is 1. The standard InChI is InChI=1S/C22H21ClN2O4/c1-4-14(3)29-19-10-7-15(12-18(19)23)11-17-20(26)24-22(28)25(21(17)27)16-8-5-13(2)6-9-16/h5-12,14H,4H2,1-3H3,(H,24,26,28)/b17-11-/t14-/m0/s1. The van der Waals surface area contributed by atoms with Crippen molar-refractivity contribution in [2.45, 2.75) is 33.3 Å². The third kappa shape index (κ3) is 4.49. The molecule has 1 atom stereocenters. The molecule has 150 valence electrons. The number of rotatable bonds is 5. The van der Waals surface area contributed by atoms with Crippen LogP contribution in [0.15, 0.2) is 48.0 Å². The summed E-state index contributed by atoms with van der Waals surface area (Å²) in [5, 5.41) is 2.57. The molecule has 1 fully saturated rings. The lowest BCUT2D eigenvalue weighted by molar-refractivity contribution is -0.122. The van der Waals surface area contributed by atoms with Gasteiger partial charge in [-0.3, -0.25) is 14.9 Å². The van der Waals surface area contributed by atoms with E-state index in [-0.39, 0.29) is 11.7 Å². The summed E-state index contributed by atoms with van der Waals surface area (Å²) in [5.74, 6) is -0.919. The van der Waals surface area contributed by atoms with Gasteiger partial charge in [-0.05, 0) is 56.2 Å². The second-order valence-corrected chi connectivity index (χ2v) is 7.23. The summed E-state index contributed by atoms with van der Waals surface area (Å²) in [5.41, 5.74) is 1.76. The molecule has 0 unspecified atom stereocenters. The van der Waals surface area contributed by atoms with E-state index in [2.05, 4.69) is 5.32 Å². The number of benzene rings is 2. The van der Waals surface area contributed by atoms with Gasteiger partial charge in [-0.25, -0.2) is 9.69 Å². The topological polar surface area (TPSA) is 75.7 Å². The molecule has 1 saturated heterocycles. The highest BCUT2D eigenvalue weighted by molar-refractivity contribution is 6.39. The maximum Gasteiger partial charge on any atom is 0.335 e. The average molecular weight is 413 g/mol. The smallest absolute Gasteiger partial charge is 0.335 e. The van der Waals surface area contributed by atoms with Crippen LogP contribution in [0.5, 0.6) is 5.75 Å². The molecule has 29 heavy (non-hydrogen) atoms. The Morgan fingerprint density at radius 2 is 1.83 bits per heavy atom. The van der Waals surface area contributed by atoms with Gasteiger partial charge in [0.15, 0.2) is 0 Å². The third-order valence-corrected chi connectivity index (χ3v) is 4.86. The number of hydrogen-bond donors (Lipinski definition) is 1. The average Bonchev–Trinajstić information content (AvgIpc) is 2.68. The van der Waals surface area contributed by atoms with Crippen molar-refractivity contribution in [2.24, 2.45) is 0 Å². The van der Waals surface area contributed by atoms with Gasteiger partial charge in [0.25, 0.3) is 11.8 Å². The van der Waals surface area contributed by atoms with Gasteiger partial charge in [0, 0.05) is 0 Å². The number of ether oxygens (including phenoxy) is 1. The summed E-state index contributed by atoms with van der Waals surface area (Å²) >= 11 is 6.28. The monoisotopic (exact) mass is 412 g/mol. The molecule has 1 aliphatic rings. The van der Waals surface area contributed by atoms with E-state index < -0.39 is 17.8 Å². The van der Waals surface area contributed by atoms with Crippen LogP contribution < -0.4 is 15.0 Å². The normalized spacial score (nSPS) is 16.8. The van der Waals surface area contributed by atoms with Gasteiger partial charge in [-0.2, -0.15) is 0 Å². The van der Waals surface area contributed by atoms with Crippen LogP contribution in [0.4, 0.5) is 10.5 Å². The summed E-state index contributed by atoms with van der Waals surface area (Å²) < 4.78 is 5.73. The van der Waals surface area contributed by atoms with Crippen LogP contribution >= 0.6 is 11.6 Å². The molecule has 1 N–H and O–H groups in total. The first kappa shape index (κ1) is 20.6. The van der Waals surface area contributed by atoms with Crippen molar-refractivity contribution in [3.63, 3.8) is 0 Å². The molecule has 1 heterocycles. The Balaban J connectivity index is 1.92. The first-order chi connectivity index (χ1) is 13.8. The van der Waals surface area contributed by atoms with E-state index in [1.54, 1.807) is 42.5 Å². The number of halogens is 1. The molecule has 4 amide bonds. The summed E-state index contributed by atoms with van der Waals surface area (Å²) in [6.45, 7) is 5.84. The van der Waals surface area contributed by atoms with Crippen LogP contribution in [-0.4, -0.2) is 23.9 Å². The lowest BCUT2D eigenvalue weighted by Gasteiger charge is -2.26. The molecule has 0 aromatic heterocycles. The molecule has 1 aliphatic heterocycles. The lowest BCUT2D eigenvalue weighted by atomic mass is 10.1. The van der Waals surface area contributed by atoms with Crippen LogP contribution in [-0.2, 0) is 9.59 Å². The zero-order valence-corrected chi connectivity index (χ0v) is 17.1. The minimum Gasteiger partial charge on any atom is -0.489 e. The molecule has 0 radical (unpaired) electrons. The van der Waals surface area contributed by atoms with Gasteiger partial charge in [0.2, 0.25) is 0 Å². The van der Waals surface area contributed by atoms with Crippen molar-refractivity contribution in [1.82, 2.24) is 5.32 Å². The summed E-state index contributed by atoms with van der Waals surface area (Å²) in [4.78, 5) is 38.3. The molecule has 6 nitrogen and oxygen atoms in total. The first-order valence-electron chi connectivity index (χ1n) is 9.24. The second kappa shape index (κ2) is 8.49. The van der Waals surface area contributed by atoms with Crippen LogP contribution in [0.25, 0.3) is 6.08 Å². The third-order valence-electron chi connectivity index (χ3n) is 4.56. The molecular formula is C22H21ClN2O4.